The van der Waals surface area contributed by atoms with E-state index in [9.17, 15) is 14.7 Å². The topological polar surface area (TPSA) is 79.3 Å². The van der Waals surface area contributed by atoms with Crippen molar-refractivity contribution < 1.29 is 24.2 Å². The molecule has 0 aromatic heterocycles. The number of rotatable bonds is 8. The number of carbonyl (C=O) groups excluding carboxylic acids is 2. The second kappa shape index (κ2) is 12.7. The summed E-state index contributed by atoms with van der Waals surface area (Å²) in [6.45, 7) is 7.83. The quantitative estimate of drug-likeness (QED) is 0.217. The molecule has 10 heteroatoms. The summed E-state index contributed by atoms with van der Waals surface area (Å²) in [6.07, 6.45) is 1.39. The lowest BCUT2D eigenvalue weighted by atomic mass is 9.82. The first-order valence-corrected chi connectivity index (χ1v) is 20.5. The van der Waals surface area contributed by atoms with Gasteiger partial charge < -0.3 is 24.4 Å². The van der Waals surface area contributed by atoms with Crippen LogP contribution in [0.25, 0.3) is 0 Å². The summed E-state index contributed by atoms with van der Waals surface area (Å²) < 4.78 is 14.6. The number of hydrogen-bond donors (Lipinski definition) is 1. The van der Waals surface area contributed by atoms with Crippen LogP contribution in [0.5, 0.6) is 5.75 Å². The monoisotopic (exact) mass is 802 g/mol. The molecule has 2 fully saturated rings. The fourth-order valence-corrected chi connectivity index (χ4v) is 13.1. The molecule has 0 radical (unpaired) electrons. The number of methoxy groups -OCH3 is 1. The Kier molecular flexibility index (Phi) is 9.25. The van der Waals surface area contributed by atoms with Crippen molar-refractivity contribution in [3.8, 4) is 5.75 Å². The standard InChI is InChI=1S/C35H40BrIN2O5Si/c1-22-33(45(3,4)28-13-11-27(43-2)12-14-28)31(19-32(41)38-16-6-9-26(38)21-40)44-35(22)29-18-24(36)10-15-30(29)39(34(35)42)20-23-7-5-8-25(37)17-23/h5,7-8,10-15,17-18,22,26,31,33,40H,6,9,16,19-21H2,1-4H3/t22-,26+,31+,33-,35+/m1/s1. The molecule has 3 aliphatic rings. The zero-order valence-corrected chi connectivity index (χ0v) is 30.9. The molecule has 1 N–H and O–H groups in total. The minimum Gasteiger partial charge on any atom is -0.497 e. The van der Waals surface area contributed by atoms with Crippen LogP contribution in [0.15, 0.2) is 71.2 Å². The zero-order valence-electron chi connectivity index (χ0n) is 26.1. The van der Waals surface area contributed by atoms with E-state index >= 15 is 0 Å². The molecule has 1 spiro atoms. The smallest absolute Gasteiger partial charge is 0.264 e. The van der Waals surface area contributed by atoms with E-state index in [0.717, 1.165) is 43.4 Å². The number of hydrogen-bond acceptors (Lipinski definition) is 5. The van der Waals surface area contributed by atoms with E-state index in [0.29, 0.717) is 13.1 Å². The van der Waals surface area contributed by atoms with Gasteiger partial charge in [-0.1, -0.05) is 65.4 Å². The summed E-state index contributed by atoms with van der Waals surface area (Å²) in [5, 5.41) is 11.2. The van der Waals surface area contributed by atoms with Gasteiger partial charge in [-0.05, 0) is 89.0 Å². The molecule has 2 saturated heterocycles. The van der Waals surface area contributed by atoms with E-state index in [1.807, 2.05) is 52.3 Å². The fraction of sp³-hybridized carbons (Fsp3) is 0.429. The second-order valence-electron chi connectivity index (χ2n) is 13.1. The van der Waals surface area contributed by atoms with Crippen molar-refractivity contribution in [1.82, 2.24) is 4.90 Å². The van der Waals surface area contributed by atoms with Gasteiger partial charge in [0.05, 0.1) is 52.6 Å². The van der Waals surface area contributed by atoms with Crippen molar-refractivity contribution in [3.63, 3.8) is 0 Å². The average Bonchev–Trinajstić information content (AvgIpc) is 3.68. The van der Waals surface area contributed by atoms with Crippen molar-refractivity contribution >= 4 is 69.3 Å². The third-order valence-corrected chi connectivity index (χ3v) is 15.8. The number of aliphatic hydroxyl groups is 1. The Labute approximate surface area is 288 Å². The molecule has 2 amide bonds. The Bertz CT molecular complexity index is 1600. The van der Waals surface area contributed by atoms with Crippen LogP contribution in [0.1, 0.15) is 37.3 Å². The normalized spacial score (nSPS) is 26.2. The number of amides is 2. The average molecular weight is 804 g/mol. The van der Waals surface area contributed by atoms with Crippen LogP contribution in [0.3, 0.4) is 0 Å². The molecule has 0 saturated carbocycles. The number of carbonyl (C=O) groups is 2. The third kappa shape index (κ3) is 5.68. The third-order valence-electron chi connectivity index (χ3n) is 10.3. The van der Waals surface area contributed by atoms with Gasteiger partial charge in [-0.3, -0.25) is 9.59 Å². The first-order valence-electron chi connectivity index (χ1n) is 15.6. The minimum atomic E-state index is -2.39. The summed E-state index contributed by atoms with van der Waals surface area (Å²) in [5.41, 5.74) is 1.48. The highest BCUT2D eigenvalue weighted by Gasteiger charge is 2.66. The van der Waals surface area contributed by atoms with Gasteiger partial charge in [-0.25, -0.2) is 0 Å². The maximum absolute atomic E-state index is 14.9. The van der Waals surface area contributed by atoms with Crippen LogP contribution >= 0.6 is 38.5 Å². The minimum absolute atomic E-state index is 0.0130. The zero-order chi connectivity index (χ0) is 32.1. The van der Waals surface area contributed by atoms with Crippen LogP contribution in [0.2, 0.25) is 18.6 Å². The predicted octanol–water partition coefficient (Wildman–Crippen LogP) is 6.20. The van der Waals surface area contributed by atoms with Gasteiger partial charge in [-0.15, -0.1) is 0 Å². The molecule has 6 rings (SSSR count). The summed E-state index contributed by atoms with van der Waals surface area (Å²) in [4.78, 5) is 32.5. The Balaban J connectivity index is 1.44. The Morgan fingerprint density at radius 3 is 2.60 bits per heavy atom. The van der Waals surface area contributed by atoms with Crippen LogP contribution < -0.4 is 14.8 Å². The van der Waals surface area contributed by atoms with Gasteiger partial charge in [0.2, 0.25) is 5.91 Å². The van der Waals surface area contributed by atoms with Crippen molar-refractivity contribution in [1.29, 1.82) is 0 Å². The largest absolute Gasteiger partial charge is 0.497 e. The Morgan fingerprint density at radius 2 is 1.91 bits per heavy atom. The molecular formula is C35H40BrIN2O5Si. The van der Waals surface area contributed by atoms with Gasteiger partial charge in [0, 0.05) is 26.1 Å². The second-order valence-corrected chi connectivity index (χ2v) is 20.0. The molecule has 3 aromatic rings. The molecule has 0 bridgehead atoms. The molecule has 0 aliphatic carbocycles. The number of halogens is 2. The number of aliphatic hydroxyl groups excluding tert-OH is 1. The van der Waals surface area contributed by atoms with Crippen LogP contribution in [0, 0.1) is 9.49 Å². The van der Waals surface area contributed by atoms with Crippen LogP contribution in [-0.4, -0.2) is 62.3 Å². The summed E-state index contributed by atoms with van der Waals surface area (Å²) in [5.74, 6) is 0.507. The molecule has 0 unspecified atom stereocenters. The SMILES string of the molecule is COc1ccc([Si](C)(C)[C@H]2[C@H](CC(=O)N3CCC[C@H]3CO)O[C@@]3(C(=O)N(Cc4cccc(I)c4)c4ccc(Br)cc43)[C@@H]2C)cc1. The van der Waals surface area contributed by atoms with E-state index in [1.165, 1.54) is 5.19 Å². The van der Waals surface area contributed by atoms with E-state index in [-0.39, 0.29) is 42.3 Å². The number of fused-ring (bicyclic) bond motifs is 2. The molecule has 45 heavy (non-hydrogen) atoms. The van der Waals surface area contributed by atoms with Gasteiger partial charge in [-0.2, -0.15) is 0 Å². The van der Waals surface area contributed by atoms with E-state index in [1.54, 1.807) is 7.11 Å². The lowest BCUT2D eigenvalue weighted by molar-refractivity contribution is -0.150. The lowest BCUT2D eigenvalue weighted by Gasteiger charge is -2.37. The first kappa shape index (κ1) is 32.7. The fourth-order valence-electron chi connectivity index (χ4n) is 8.10. The van der Waals surface area contributed by atoms with Gasteiger partial charge in [0.15, 0.2) is 5.60 Å². The highest BCUT2D eigenvalue weighted by atomic mass is 127. The number of likely N-dealkylation sites (tertiary alicyclic amines) is 1. The summed E-state index contributed by atoms with van der Waals surface area (Å²) in [6, 6.07) is 22.3. The highest BCUT2D eigenvalue weighted by Crippen LogP contribution is 2.60. The maximum Gasteiger partial charge on any atom is 0.264 e. The number of anilines is 1. The van der Waals surface area contributed by atoms with E-state index in [2.05, 4.69) is 82.8 Å². The first-order chi connectivity index (χ1) is 21.5. The van der Waals surface area contributed by atoms with Crippen molar-refractivity contribution in [2.45, 2.75) is 69.1 Å². The predicted molar refractivity (Wildman–Crippen MR) is 191 cm³/mol. The van der Waals surface area contributed by atoms with E-state index < -0.39 is 19.8 Å². The summed E-state index contributed by atoms with van der Waals surface area (Å²) >= 11 is 5.98. The lowest BCUT2D eigenvalue weighted by Crippen LogP contribution is -2.52. The molecule has 5 atom stereocenters. The molecular weight excluding hydrogens is 763 g/mol. The van der Waals surface area contributed by atoms with Crippen molar-refractivity contribution in [3.05, 3.63) is 85.9 Å². The van der Waals surface area contributed by atoms with Crippen molar-refractivity contribution in [2.75, 3.05) is 25.2 Å². The molecule has 3 heterocycles. The van der Waals surface area contributed by atoms with Crippen LogP contribution in [0.4, 0.5) is 5.69 Å². The molecule has 3 aliphatic heterocycles. The van der Waals surface area contributed by atoms with Crippen molar-refractivity contribution in [2.24, 2.45) is 5.92 Å². The molecule has 7 nitrogen and oxygen atoms in total. The van der Waals surface area contributed by atoms with E-state index in [4.69, 9.17) is 9.47 Å². The number of nitrogens with zero attached hydrogens (tertiary/aromatic N) is 2. The molecule has 3 aromatic carbocycles. The van der Waals surface area contributed by atoms with Gasteiger partial charge >= 0.3 is 0 Å². The van der Waals surface area contributed by atoms with Gasteiger partial charge in [0.25, 0.3) is 5.91 Å². The Morgan fingerprint density at radius 1 is 1.16 bits per heavy atom. The number of benzene rings is 3. The highest BCUT2D eigenvalue weighted by molar-refractivity contribution is 14.1. The summed E-state index contributed by atoms with van der Waals surface area (Å²) in [7, 11) is -0.722. The van der Waals surface area contributed by atoms with Gasteiger partial charge in [0.1, 0.15) is 5.75 Å². The van der Waals surface area contributed by atoms with Crippen LogP contribution in [-0.2, 0) is 26.5 Å². The Hall–Kier alpha value is -2.25. The maximum atomic E-state index is 14.9. The molecule has 238 valence electrons. The number of ether oxygens (including phenoxy) is 2.